The van der Waals surface area contributed by atoms with E-state index in [-0.39, 0.29) is 11.5 Å². The summed E-state index contributed by atoms with van der Waals surface area (Å²) in [5.41, 5.74) is 9.60. The number of halogens is 1. The maximum absolute atomic E-state index is 6.69. The van der Waals surface area contributed by atoms with E-state index in [1.54, 1.807) is 19.5 Å². The van der Waals surface area contributed by atoms with Crippen molar-refractivity contribution < 1.29 is 4.74 Å². The van der Waals surface area contributed by atoms with E-state index in [2.05, 4.69) is 44.1 Å². The van der Waals surface area contributed by atoms with Crippen LogP contribution in [-0.4, -0.2) is 35.2 Å². The molecule has 8 heteroatoms. The summed E-state index contributed by atoms with van der Waals surface area (Å²) in [7, 11) is 1.55. The molecule has 31 heavy (non-hydrogen) atoms. The van der Waals surface area contributed by atoms with Crippen molar-refractivity contribution in [3.8, 4) is 5.88 Å². The normalized spacial score (nSPS) is 19.5. The second-order valence-corrected chi connectivity index (χ2v) is 9.59. The zero-order valence-corrected chi connectivity index (χ0v) is 18.9. The van der Waals surface area contributed by atoms with Crippen molar-refractivity contribution in [3.63, 3.8) is 0 Å². The van der Waals surface area contributed by atoms with Crippen LogP contribution in [0.4, 0.5) is 5.82 Å². The van der Waals surface area contributed by atoms with Gasteiger partial charge < -0.3 is 15.4 Å². The molecule has 1 aliphatic heterocycles. The maximum Gasteiger partial charge on any atom is 0.233 e. The Labute approximate surface area is 191 Å². The molecule has 1 spiro atoms. The number of piperidine rings is 1. The number of rotatable bonds is 4. The van der Waals surface area contributed by atoms with Gasteiger partial charge in [-0.05, 0) is 41.9 Å². The third-order valence-corrected chi connectivity index (χ3v) is 7.98. The molecule has 0 radical (unpaired) electrons. The summed E-state index contributed by atoms with van der Waals surface area (Å²) in [6.07, 6.45) is 8.52. The molecule has 0 bridgehead atoms. The summed E-state index contributed by atoms with van der Waals surface area (Å²) in [6, 6.07) is 10.6. The van der Waals surface area contributed by atoms with Crippen LogP contribution in [0.1, 0.15) is 30.0 Å². The molecule has 2 aliphatic rings. The summed E-state index contributed by atoms with van der Waals surface area (Å²) in [4.78, 5) is 16.5. The van der Waals surface area contributed by atoms with Gasteiger partial charge >= 0.3 is 0 Å². The van der Waals surface area contributed by atoms with Crippen LogP contribution in [0, 0.1) is 5.41 Å². The van der Waals surface area contributed by atoms with Crippen LogP contribution in [0.3, 0.4) is 0 Å². The summed E-state index contributed by atoms with van der Waals surface area (Å²) in [5.74, 6) is 1.31. The van der Waals surface area contributed by atoms with E-state index in [4.69, 9.17) is 22.1 Å². The van der Waals surface area contributed by atoms with Crippen LogP contribution in [0.5, 0.6) is 5.88 Å². The summed E-state index contributed by atoms with van der Waals surface area (Å²) >= 11 is 7.79. The van der Waals surface area contributed by atoms with Crippen LogP contribution in [0.2, 0.25) is 5.02 Å². The van der Waals surface area contributed by atoms with Crippen molar-refractivity contribution >= 4 is 29.2 Å². The third kappa shape index (κ3) is 3.75. The largest absolute Gasteiger partial charge is 0.480 e. The molecule has 0 amide bonds. The predicted molar refractivity (Wildman–Crippen MR) is 123 cm³/mol. The van der Waals surface area contributed by atoms with Crippen LogP contribution in [-0.2, 0) is 6.42 Å². The van der Waals surface area contributed by atoms with Gasteiger partial charge in [-0.3, -0.25) is 0 Å². The fourth-order valence-electron chi connectivity index (χ4n) is 4.75. The van der Waals surface area contributed by atoms with Gasteiger partial charge in [-0.1, -0.05) is 47.6 Å². The van der Waals surface area contributed by atoms with E-state index in [9.17, 15) is 0 Å². The number of pyridine rings is 1. The Morgan fingerprint density at radius 2 is 1.94 bits per heavy atom. The van der Waals surface area contributed by atoms with Gasteiger partial charge in [0.2, 0.25) is 5.88 Å². The Morgan fingerprint density at radius 1 is 1.13 bits per heavy atom. The second-order valence-electron chi connectivity index (χ2n) is 8.15. The summed E-state index contributed by atoms with van der Waals surface area (Å²) in [6.45, 7) is 1.88. The predicted octanol–water partition coefficient (Wildman–Crippen LogP) is 4.53. The number of nitrogens with zero attached hydrogens (tertiary/aromatic N) is 4. The Hall–Kier alpha value is -2.35. The molecule has 1 aromatic carbocycles. The smallest absolute Gasteiger partial charge is 0.233 e. The number of nitrogens with two attached hydrogens (primary N) is 1. The average Bonchev–Trinajstić information content (AvgIpc) is 3.08. The number of aromatic nitrogens is 3. The fraction of sp³-hybridized carbons (Fsp3) is 0.348. The Morgan fingerprint density at radius 3 is 2.65 bits per heavy atom. The molecular weight excluding hydrogens is 430 g/mol. The van der Waals surface area contributed by atoms with Gasteiger partial charge in [0.25, 0.3) is 0 Å². The molecule has 2 N–H and O–H groups in total. The SMILES string of the molecule is COc1nccc(Sc2cnc(N3CCC4(CC3)Cc3ccccc3[C@H]4N)cn2)c1Cl. The third-order valence-electron chi connectivity index (χ3n) is 6.52. The quantitative estimate of drug-likeness (QED) is 0.621. The Balaban J connectivity index is 1.25. The molecule has 1 saturated heterocycles. The van der Waals surface area contributed by atoms with Crippen molar-refractivity contribution in [2.24, 2.45) is 11.1 Å². The minimum atomic E-state index is 0.123. The highest BCUT2D eigenvalue weighted by Gasteiger charge is 2.45. The van der Waals surface area contributed by atoms with E-state index in [0.717, 1.165) is 48.1 Å². The van der Waals surface area contributed by atoms with Crippen LogP contribution in [0.25, 0.3) is 0 Å². The van der Waals surface area contributed by atoms with Gasteiger partial charge in [-0.15, -0.1) is 0 Å². The lowest BCUT2D eigenvalue weighted by Gasteiger charge is -2.42. The summed E-state index contributed by atoms with van der Waals surface area (Å²) in [5, 5.41) is 1.26. The van der Waals surface area contributed by atoms with Gasteiger partial charge in [-0.25, -0.2) is 15.0 Å². The lowest BCUT2D eigenvalue weighted by atomic mass is 9.73. The van der Waals surface area contributed by atoms with Crippen LogP contribution >= 0.6 is 23.4 Å². The number of fused-ring (bicyclic) bond motifs is 1. The van der Waals surface area contributed by atoms with Gasteiger partial charge in [0.15, 0.2) is 0 Å². The molecule has 0 saturated carbocycles. The van der Waals surface area contributed by atoms with Crippen molar-refractivity contribution in [2.75, 3.05) is 25.1 Å². The first-order chi connectivity index (χ1) is 15.1. The first-order valence-corrected chi connectivity index (χ1v) is 11.6. The standard InChI is InChI=1S/C23H24ClN5OS/c1-30-22-20(24)17(6-9-26-22)31-19-14-27-18(13-28-19)29-10-7-23(8-11-29)12-15-4-2-3-5-16(15)21(23)25/h2-6,9,13-14,21H,7-8,10-12,25H2,1H3/t21-/m1/s1. The van der Waals surface area contributed by atoms with Crippen LogP contribution < -0.4 is 15.4 Å². The molecular formula is C23H24ClN5OS. The lowest BCUT2D eigenvalue weighted by Crippen LogP contribution is -2.44. The van der Waals surface area contributed by atoms with Crippen LogP contribution in [0.15, 0.2) is 58.8 Å². The molecule has 3 aromatic rings. The molecule has 3 heterocycles. The van der Waals surface area contributed by atoms with Gasteiger partial charge in [0, 0.05) is 30.2 Å². The van der Waals surface area contributed by atoms with Crippen molar-refractivity contribution in [3.05, 3.63) is 65.1 Å². The zero-order chi connectivity index (χ0) is 21.4. The molecule has 160 valence electrons. The highest BCUT2D eigenvalue weighted by molar-refractivity contribution is 7.99. The van der Waals surface area contributed by atoms with Crippen molar-refractivity contribution in [1.82, 2.24) is 15.0 Å². The monoisotopic (exact) mass is 453 g/mol. The molecule has 1 atom stereocenters. The minimum absolute atomic E-state index is 0.123. The first kappa shape index (κ1) is 20.5. The van der Waals surface area contributed by atoms with E-state index in [0.29, 0.717) is 10.9 Å². The number of benzene rings is 1. The van der Waals surface area contributed by atoms with Gasteiger partial charge in [-0.2, -0.15) is 0 Å². The first-order valence-electron chi connectivity index (χ1n) is 10.4. The van der Waals surface area contributed by atoms with E-state index < -0.39 is 0 Å². The minimum Gasteiger partial charge on any atom is -0.480 e. The second kappa shape index (κ2) is 8.30. The van der Waals surface area contributed by atoms with E-state index >= 15 is 0 Å². The molecule has 5 rings (SSSR count). The summed E-state index contributed by atoms with van der Waals surface area (Å²) < 4.78 is 5.18. The van der Waals surface area contributed by atoms with E-state index in [1.807, 2.05) is 12.3 Å². The molecule has 1 aliphatic carbocycles. The number of hydrogen-bond donors (Lipinski definition) is 1. The van der Waals surface area contributed by atoms with Crippen molar-refractivity contribution in [1.29, 1.82) is 0 Å². The highest BCUT2D eigenvalue weighted by atomic mass is 35.5. The fourth-order valence-corrected chi connectivity index (χ4v) is 5.80. The molecule has 2 aromatic heterocycles. The van der Waals surface area contributed by atoms with E-state index in [1.165, 1.54) is 22.9 Å². The number of methoxy groups -OCH3 is 1. The lowest BCUT2D eigenvalue weighted by molar-refractivity contribution is 0.187. The zero-order valence-electron chi connectivity index (χ0n) is 17.3. The average molecular weight is 454 g/mol. The Bertz CT molecular complexity index is 1090. The molecule has 0 unspecified atom stereocenters. The molecule has 6 nitrogen and oxygen atoms in total. The van der Waals surface area contributed by atoms with Gasteiger partial charge in [0.05, 0.1) is 19.5 Å². The maximum atomic E-state index is 6.69. The molecule has 1 fully saturated rings. The number of hydrogen-bond acceptors (Lipinski definition) is 7. The number of anilines is 1. The van der Waals surface area contributed by atoms with Gasteiger partial charge in [0.1, 0.15) is 15.9 Å². The topological polar surface area (TPSA) is 77.2 Å². The highest BCUT2D eigenvalue weighted by Crippen LogP contribution is 2.50. The van der Waals surface area contributed by atoms with Crippen molar-refractivity contribution in [2.45, 2.75) is 35.2 Å². The number of ether oxygens (including phenoxy) is 1. The Kier molecular flexibility index (Phi) is 5.50.